The Labute approximate surface area is 140 Å². The molecule has 23 heavy (non-hydrogen) atoms. The molecule has 0 bridgehead atoms. The van der Waals surface area contributed by atoms with Crippen LogP contribution in [0.3, 0.4) is 0 Å². The lowest BCUT2D eigenvalue weighted by atomic mass is 9.72. The summed E-state index contributed by atoms with van der Waals surface area (Å²) in [5, 5.41) is 0. The molecule has 2 aromatic carbocycles. The molecule has 1 aliphatic heterocycles. The molecule has 2 aromatic rings. The molecule has 1 aliphatic rings. The van der Waals surface area contributed by atoms with Crippen molar-refractivity contribution in [2.24, 2.45) is 0 Å². The van der Waals surface area contributed by atoms with E-state index in [2.05, 4.69) is 79.7 Å². The monoisotopic (exact) mass is 308 g/mol. The normalized spacial score (nSPS) is 15.7. The standard InChI is InChI=1S/C22H28O/c1-13-9-14(2)19-17(10-13)22(7,8)18-12-16(21(4,5)6)11-15(3)20(18)23-19/h9-12H,1-8H3. The van der Waals surface area contributed by atoms with Crippen molar-refractivity contribution in [3.63, 3.8) is 0 Å². The highest BCUT2D eigenvalue weighted by molar-refractivity contribution is 5.62. The minimum absolute atomic E-state index is 0.0499. The van der Waals surface area contributed by atoms with Crippen molar-refractivity contribution < 1.29 is 4.74 Å². The van der Waals surface area contributed by atoms with E-state index in [0.717, 1.165) is 11.5 Å². The van der Waals surface area contributed by atoms with E-state index in [-0.39, 0.29) is 10.8 Å². The van der Waals surface area contributed by atoms with Crippen molar-refractivity contribution in [1.82, 2.24) is 0 Å². The van der Waals surface area contributed by atoms with Crippen LogP contribution in [0.1, 0.15) is 68.0 Å². The first kappa shape index (κ1) is 16.1. The Morgan fingerprint density at radius 2 is 1.30 bits per heavy atom. The van der Waals surface area contributed by atoms with Crippen molar-refractivity contribution in [3.8, 4) is 11.5 Å². The van der Waals surface area contributed by atoms with Crippen LogP contribution < -0.4 is 4.74 Å². The van der Waals surface area contributed by atoms with Gasteiger partial charge in [-0.1, -0.05) is 64.4 Å². The van der Waals surface area contributed by atoms with E-state index in [1.54, 1.807) is 0 Å². The van der Waals surface area contributed by atoms with Gasteiger partial charge in [-0.05, 0) is 42.9 Å². The molecule has 0 aliphatic carbocycles. The molecule has 0 saturated carbocycles. The molecule has 0 unspecified atom stereocenters. The summed E-state index contributed by atoms with van der Waals surface area (Å²) in [6.45, 7) is 17.9. The van der Waals surface area contributed by atoms with Crippen molar-refractivity contribution in [3.05, 3.63) is 57.6 Å². The molecule has 1 heteroatoms. The fraction of sp³-hybridized carbons (Fsp3) is 0.455. The van der Waals surface area contributed by atoms with Gasteiger partial charge in [0.05, 0.1) is 0 Å². The van der Waals surface area contributed by atoms with E-state index in [4.69, 9.17) is 4.74 Å². The topological polar surface area (TPSA) is 9.23 Å². The molecule has 0 spiro atoms. The summed E-state index contributed by atoms with van der Waals surface area (Å²) in [5.41, 5.74) is 7.81. The van der Waals surface area contributed by atoms with E-state index in [9.17, 15) is 0 Å². The number of rotatable bonds is 0. The van der Waals surface area contributed by atoms with Gasteiger partial charge in [0, 0.05) is 16.5 Å². The van der Waals surface area contributed by atoms with Gasteiger partial charge in [-0.15, -0.1) is 0 Å². The Morgan fingerprint density at radius 1 is 0.783 bits per heavy atom. The van der Waals surface area contributed by atoms with Gasteiger partial charge in [-0.25, -0.2) is 0 Å². The van der Waals surface area contributed by atoms with Crippen LogP contribution in [-0.2, 0) is 10.8 Å². The van der Waals surface area contributed by atoms with E-state index in [1.165, 1.54) is 33.4 Å². The molecule has 0 N–H and O–H groups in total. The lowest BCUT2D eigenvalue weighted by molar-refractivity contribution is 0.410. The summed E-state index contributed by atoms with van der Waals surface area (Å²) < 4.78 is 6.40. The van der Waals surface area contributed by atoms with Gasteiger partial charge in [-0.2, -0.15) is 0 Å². The van der Waals surface area contributed by atoms with Gasteiger partial charge in [0.1, 0.15) is 11.5 Å². The third-order valence-electron chi connectivity index (χ3n) is 5.11. The number of benzene rings is 2. The van der Waals surface area contributed by atoms with E-state index in [0.29, 0.717) is 0 Å². The van der Waals surface area contributed by atoms with Gasteiger partial charge in [0.2, 0.25) is 0 Å². The van der Waals surface area contributed by atoms with Crippen LogP contribution in [0.15, 0.2) is 24.3 Å². The Bertz CT molecular complexity index is 789. The molecule has 0 aromatic heterocycles. The Kier molecular flexibility index (Phi) is 3.41. The fourth-order valence-corrected chi connectivity index (χ4v) is 3.61. The average Bonchev–Trinajstić information content (AvgIpc) is 2.40. The van der Waals surface area contributed by atoms with Crippen LogP contribution in [0.2, 0.25) is 0 Å². The molecule has 0 atom stereocenters. The second-order valence-corrected chi connectivity index (χ2v) is 8.61. The number of aryl methyl sites for hydroxylation is 3. The summed E-state index contributed by atoms with van der Waals surface area (Å²) in [7, 11) is 0. The SMILES string of the molecule is Cc1cc(C)c2c(c1)C(C)(C)c1cc(C(C)(C)C)cc(C)c1O2. The molecule has 1 nitrogen and oxygen atoms in total. The van der Waals surface area contributed by atoms with Gasteiger partial charge in [0.25, 0.3) is 0 Å². The van der Waals surface area contributed by atoms with Crippen LogP contribution in [0.5, 0.6) is 11.5 Å². The van der Waals surface area contributed by atoms with Crippen LogP contribution in [0.4, 0.5) is 0 Å². The highest BCUT2D eigenvalue weighted by Gasteiger charge is 2.37. The van der Waals surface area contributed by atoms with E-state index < -0.39 is 0 Å². The predicted molar refractivity (Wildman–Crippen MR) is 98.0 cm³/mol. The van der Waals surface area contributed by atoms with Crippen molar-refractivity contribution >= 4 is 0 Å². The zero-order valence-electron chi connectivity index (χ0n) is 15.7. The third-order valence-corrected chi connectivity index (χ3v) is 5.11. The molecule has 0 fully saturated rings. The number of ether oxygens (including phenoxy) is 1. The summed E-state index contributed by atoms with van der Waals surface area (Å²) in [6, 6.07) is 9.12. The molecular weight excluding hydrogens is 280 g/mol. The first-order chi connectivity index (χ1) is 10.5. The van der Waals surface area contributed by atoms with E-state index in [1.807, 2.05) is 0 Å². The second-order valence-electron chi connectivity index (χ2n) is 8.61. The molecule has 122 valence electrons. The number of hydrogen-bond acceptors (Lipinski definition) is 1. The van der Waals surface area contributed by atoms with Crippen LogP contribution in [0.25, 0.3) is 0 Å². The summed E-state index contributed by atoms with van der Waals surface area (Å²) >= 11 is 0. The molecular formula is C22H28O. The average molecular weight is 308 g/mol. The van der Waals surface area contributed by atoms with Crippen molar-refractivity contribution in [2.45, 2.75) is 66.2 Å². The Morgan fingerprint density at radius 3 is 1.87 bits per heavy atom. The Hall–Kier alpha value is -1.76. The number of hydrogen-bond donors (Lipinski definition) is 0. The zero-order valence-corrected chi connectivity index (χ0v) is 15.7. The van der Waals surface area contributed by atoms with Gasteiger partial charge in [-0.3, -0.25) is 0 Å². The van der Waals surface area contributed by atoms with Crippen LogP contribution in [-0.4, -0.2) is 0 Å². The quantitative estimate of drug-likeness (QED) is 0.551. The lowest BCUT2D eigenvalue weighted by Crippen LogP contribution is -2.26. The molecule has 0 amide bonds. The maximum Gasteiger partial charge on any atom is 0.134 e. The first-order valence-electron chi connectivity index (χ1n) is 8.47. The van der Waals surface area contributed by atoms with Crippen LogP contribution >= 0.6 is 0 Å². The largest absolute Gasteiger partial charge is 0.456 e. The van der Waals surface area contributed by atoms with Crippen molar-refractivity contribution in [1.29, 1.82) is 0 Å². The van der Waals surface area contributed by atoms with E-state index >= 15 is 0 Å². The summed E-state index contributed by atoms with van der Waals surface area (Å²) in [5.74, 6) is 2.09. The first-order valence-corrected chi connectivity index (χ1v) is 8.47. The second kappa shape index (κ2) is 4.87. The maximum atomic E-state index is 6.40. The molecule has 0 radical (unpaired) electrons. The minimum atomic E-state index is -0.0499. The van der Waals surface area contributed by atoms with Crippen LogP contribution in [0, 0.1) is 20.8 Å². The van der Waals surface area contributed by atoms with Gasteiger partial charge < -0.3 is 4.74 Å². The zero-order chi connectivity index (χ0) is 17.2. The Balaban J connectivity index is 2.30. The third kappa shape index (κ3) is 2.47. The highest BCUT2D eigenvalue weighted by atomic mass is 16.5. The summed E-state index contributed by atoms with van der Waals surface area (Å²) in [4.78, 5) is 0. The van der Waals surface area contributed by atoms with Gasteiger partial charge >= 0.3 is 0 Å². The summed E-state index contributed by atoms with van der Waals surface area (Å²) in [6.07, 6.45) is 0. The van der Waals surface area contributed by atoms with Crippen molar-refractivity contribution in [2.75, 3.05) is 0 Å². The molecule has 3 rings (SSSR count). The fourth-order valence-electron chi connectivity index (χ4n) is 3.61. The minimum Gasteiger partial charge on any atom is -0.456 e. The highest BCUT2D eigenvalue weighted by Crippen LogP contribution is 2.51. The predicted octanol–water partition coefficient (Wildman–Crippen LogP) is 6.34. The van der Waals surface area contributed by atoms with Gasteiger partial charge in [0.15, 0.2) is 0 Å². The smallest absolute Gasteiger partial charge is 0.134 e. The number of fused-ring (bicyclic) bond motifs is 2. The molecule has 1 heterocycles. The lowest BCUT2D eigenvalue weighted by Gasteiger charge is -2.37. The maximum absolute atomic E-state index is 6.40. The molecule has 0 saturated heterocycles.